The SMILES string of the molecule is O=[N+]([O-])c1cc(Nc2ccc(C(F)(F)F)cc2)nc(-c2c(C(F)(F)F)nc3ccccn23)c1. The van der Waals surface area contributed by atoms with E-state index in [4.69, 9.17) is 0 Å². The lowest BCUT2D eigenvalue weighted by molar-refractivity contribution is -0.384. The summed E-state index contributed by atoms with van der Waals surface area (Å²) >= 11 is 0. The number of fused-ring (bicyclic) bond motifs is 1. The molecule has 4 aromatic rings. The van der Waals surface area contributed by atoms with Gasteiger partial charge < -0.3 is 5.32 Å². The Kier molecular flexibility index (Phi) is 5.18. The highest BCUT2D eigenvalue weighted by atomic mass is 19.4. The second-order valence-corrected chi connectivity index (χ2v) is 6.79. The van der Waals surface area contributed by atoms with Crippen LogP contribution in [0.5, 0.6) is 0 Å². The zero-order valence-electron chi connectivity index (χ0n) is 16.1. The summed E-state index contributed by atoms with van der Waals surface area (Å²) in [5, 5.41) is 14.0. The Morgan fingerprint density at radius 3 is 2.21 bits per heavy atom. The highest BCUT2D eigenvalue weighted by Crippen LogP contribution is 2.38. The van der Waals surface area contributed by atoms with E-state index in [-0.39, 0.29) is 17.2 Å². The van der Waals surface area contributed by atoms with Gasteiger partial charge >= 0.3 is 12.4 Å². The summed E-state index contributed by atoms with van der Waals surface area (Å²) < 4.78 is 80.4. The first-order chi connectivity index (χ1) is 15.4. The van der Waals surface area contributed by atoms with Crippen LogP contribution in [-0.2, 0) is 12.4 Å². The third kappa shape index (κ3) is 4.42. The van der Waals surface area contributed by atoms with Gasteiger partial charge in [-0.05, 0) is 36.4 Å². The van der Waals surface area contributed by atoms with Gasteiger partial charge in [-0.25, -0.2) is 9.97 Å². The van der Waals surface area contributed by atoms with Crippen molar-refractivity contribution in [2.75, 3.05) is 5.32 Å². The molecule has 0 bridgehead atoms. The normalized spacial score (nSPS) is 12.2. The van der Waals surface area contributed by atoms with Crippen LogP contribution in [0.3, 0.4) is 0 Å². The number of nitro groups is 1. The topological polar surface area (TPSA) is 85.4 Å². The number of hydrogen-bond acceptors (Lipinski definition) is 5. The fraction of sp³-hybridized carbons (Fsp3) is 0.100. The number of aromatic nitrogens is 3. The summed E-state index contributed by atoms with van der Waals surface area (Å²) in [6.07, 6.45) is -8.14. The average molecular weight is 467 g/mol. The molecule has 0 aliphatic rings. The van der Waals surface area contributed by atoms with Gasteiger partial charge in [-0.3, -0.25) is 14.5 Å². The van der Waals surface area contributed by atoms with Crippen molar-refractivity contribution in [2.45, 2.75) is 12.4 Å². The number of pyridine rings is 2. The molecule has 0 amide bonds. The molecule has 0 unspecified atom stereocenters. The minimum atomic E-state index is -4.88. The van der Waals surface area contributed by atoms with Gasteiger partial charge in [0, 0.05) is 18.0 Å². The minimum Gasteiger partial charge on any atom is -0.340 e. The van der Waals surface area contributed by atoms with Crippen LogP contribution in [0.1, 0.15) is 11.3 Å². The van der Waals surface area contributed by atoms with E-state index in [2.05, 4.69) is 15.3 Å². The smallest absolute Gasteiger partial charge is 0.340 e. The number of anilines is 2. The predicted molar refractivity (Wildman–Crippen MR) is 105 cm³/mol. The van der Waals surface area contributed by atoms with Crippen LogP contribution in [0.15, 0.2) is 60.8 Å². The highest BCUT2D eigenvalue weighted by molar-refractivity contribution is 5.70. The molecule has 0 spiro atoms. The molecule has 0 saturated heterocycles. The van der Waals surface area contributed by atoms with E-state index in [1.807, 2.05) is 0 Å². The molecule has 0 fully saturated rings. The van der Waals surface area contributed by atoms with Crippen molar-refractivity contribution in [3.8, 4) is 11.4 Å². The van der Waals surface area contributed by atoms with Crippen molar-refractivity contribution in [2.24, 2.45) is 0 Å². The highest BCUT2D eigenvalue weighted by Gasteiger charge is 2.39. The number of nitrogens with one attached hydrogen (secondary N) is 1. The van der Waals surface area contributed by atoms with Crippen molar-refractivity contribution < 1.29 is 31.3 Å². The molecule has 7 nitrogen and oxygen atoms in total. The Bertz CT molecular complexity index is 1350. The van der Waals surface area contributed by atoms with Crippen LogP contribution < -0.4 is 5.32 Å². The fourth-order valence-corrected chi connectivity index (χ4v) is 3.14. The lowest BCUT2D eigenvalue weighted by Crippen LogP contribution is -2.09. The molecule has 3 heterocycles. The van der Waals surface area contributed by atoms with Crippen molar-refractivity contribution in [1.82, 2.24) is 14.4 Å². The first kappa shape index (κ1) is 22.0. The van der Waals surface area contributed by atoms with E-state index >= 15 is 0 Å². The molecule has 4 rings (SSSR count). The summed E-state index contributed by atoms with van der Waals surface area (Å²) in [6.45, 7) is 0. The van der Waals surface area contributed by atoms with Gasteiger partial charge in [0.1, 0.15) is 17.2 Å². The van der Waals surface area contributed by atoms with E-state index in [1.54, 1.807) is 0 Å². The second kappa shape index (κ2) is 7.76. The fourth-order valence-electron chi connectivity index (χ4n) is 3.14. The molecule has 13 heteroatoms. The van der Waals surface area contributed by atoms with Crippen LogP contribution in [0, 0.1) is 10.1 Å². The number of nitrogens with zero attached hydrogens (tertiary/aromatic N) is 4. The molecule has 0 aliphatic heterocycles. The number of imidazole rings is 1. The van der Waals surface area contributed by atoms with Gasteiger partial charge in [0.2, 0.25) is 0 Å². The zero-order valence-corrected chi connectivity index (χ0v) is 16.1. The van der Waals surface area contributed by atoms with Gasteiger partial charge in [0.25, 0.3) is 5.69 Å². The molecule has 0 atom stereocenters. The molecule has 3 aromatic heterocycles. The summed E-state index contributed by atoms with van der Waals surface area (Å²) in [5.74, 6) is -0.238. The van der Waals surface area contributed by atoms with Crippen LogP contribution in [0.4, 0.5) is 43.5 Å². The first-order valence-corrected chi connectivity index (χ1v) is 9.09. The van der Waals surface area contributed by atoms with Crippen molar-refractivity contribution in [1.29, 1.82) is 0 Å². The van der Waals surface area contributed by atoms with Crippen LogP contribution in [0.25, 0.3) is 17.0 Å². The molecular formula is C20H11F6N5O2. The Labute approximate surface area is 180 Å². The number of hydrogen-bond donors (Lipinski definition) is 1. The zero-order chi connectivity index (χ0) is 24.0. The third-order valence-corrected chi connectivity index (χ3v) is 4.55. The largest absolute Gasteiger partial charge is 0.435 e. The van der Waals surface area contributed by atoms with E-state index < -0.39 is 45.6 Å². The molecule has 0 saturated carbocycles. The maximum atomic E-state index is 13.7. The van der Waals surface area contributed by atoms with Crippen LogP contribution in [-0.4, -0.2) is 19.3 Å². The average Bonchev–Trinajstić information content (AvgIpc) is 3.13. The van der Waals surface area contributed by atoms with Gasteiger partial charge in [0.05, 0.1) is 22.2 Å². The maximum absolute atomic E-state index is 13.7. The summed E-state index contributed by atoms with van der Waals surface area (Å²) in [7, 11) is 0. The number of alkyl halides is 6. The van der Waals surface area contributed by atoms with E-state index in [0.717, 1.165) is 40.8 Å². The monoisotopic (exact) mass is 467 g/mol. The number of benzene rings is 1. The van der Waals surface area contributed by atoms with Crippen LogP contribution in [0.2, 0.25) is 0 Å². The molecule has 33 heavy (non-hydrogen) atoms. The summed E-state index contributed by atoms with van der Waals surface area (Å²) in [6, 6.07) is 9.79. The molecule has 170 valence electrons. The Morgan fingerprint density at radius 2 is 1.61 bits per heavy atom. The quantitative estimate of drug-likeness (QED) is 0.223. The molecule has 0 aliphatic carbocycles. The molecule has 1 aromatic carbocycles. The van der Waals surface area contributed by atoms with Gasteiger partial charge in [-0.15, -0.1) is 0 Å². The lowest BCUT2D eigenvalue weighted by Gasteiger charge is -2.11. The number of halogens is 6. The van der Waals surface area contributed by atoms with E-state index in [9.17, 15) is 36.5 Å². The van der Waals surface area contributed by atoms with Gasteiger partial charge in [-0.1, -0.05) is 6.07 Å². The van der Waals surface area contributed by atoms with Crippen molar-refractivity contribution >= 4 is 22.8 Å². The molecule has 0 radical (unpaired) electrons. The molecular weight excluding hydrogens is 456 g/mol. The molecule has 1 N–H and O–H groups in total. The summed E-state index contributed by atoms with van der Waals surface area (Å²) in [4.78, 5) is 18.2. The number of rotatable bonds is 4. The van der Waals surface area contributed by atoms with Crippen molar-refractivity contribution in [3.05, 3.63) is 82.2 Å². The Hall–Kier alpha value is -4.16. The summed E-state index contributed by atoms with van der Waals surface area (Å²) in [5.41, 5.74) is -3.65. The second-order valence-electron chi connectivity index (χ2n) is 6.79. The Morgan fingerprint density at radius 1 is 0.909 bits per heavy atom. The van der Waals surface area contributed by atoms with E-state index in [1.165, 1.54) is 24.4 Å². The first-order valence-electron chi connectivity index (χ1n) is 9.09. The Balaban J connectivity index is 1.84. The predicted octanol–water partition coefficient (Wildman–Crippen LogP) is 6.09. The van der Waals surface area contributed by atoms with Gasteiger partial charge in [-0.2, -0.15) is 26.3 Å². The van der Waals surface area contributed by atoms with E-state index in [0.29, 0.717) is 0 Å². The minimum absolute atomic E-state index is 0.0506. The van der Waals surface area contributed by atoms with Gasteiger partial charge in [0.15, 0.2) is 5.69 Å². The maximum Gasteiger partial charge on any atom is 0.435 e. The van der Waals surface area contributed by atoms with Crippen LogP contribution >= 0.6 is 0 Å². The standard InChI is InChI=1S/C20H11F6N5O2/c21-19(22,23)11-4-6-12(7-5-11)27-15-10-13(31(32)33)9-14(28-15)17-18(20(24,25)26)29-16-3-1-2-8-30(16)17/h1-10H,(H,27,28). The lowest BCUT2D eigenvalue weighted by atomic mass is 10.2. The van der Waals surface area contributed by atoms with Crippen molar-refractivity contribution in [3.63, 3.8) is 0 Å². The third-order valence-electron chi connectivity index (χ3n) is 4.55.